The number of rotatable bonds is 4. The Hall–Kier alpha value is -1.63. The minimum atomic E-state index is -3.28. The van der Waals surface area contributed by atoms with E-state index in [-0.39, 0.29) is 0 Å². The smallest absolute Gasteiger partial charge is 0.277 e. The first kappa shape index (κ1) is 13.4. The fourth-order valence-electron chi connectivity index (χ4n) is 1.06. The summed E-state index contributed by atoms with van der Waals surface area (Å²) in [6.07, 6.45) is 0. The van der Waals surface area contributed by atoms with Crippen molar-refractivity contribution < 1.29 is 22.4 Å². The molecule has 1 amide bonds. The molecule has 0 aliphatic rings. The van der Waals surface area contributed by atoms with Crippen LogP contribution in [0.5, 0.6) is 0 Å². The fourth-order valence-corrected chi connectivity index (χ4v) is 1.06. The SMILES string of the molecule is NCC(F)(F)CNC(=O)c1cccc(F)c1F. The highest BCUT2D eigenvalue weighted by Gasteiger charge is 2.28. The average Bonchev–Trinajstić information content (AvgIpc) is 2.30. The number of alkyl halides is 2. The second kappa shape index (κ2) is 5.13. The molecule has 0 saturated heterocycles. The lowest BCUT2D eigenvalue weighted by Crippen LogP contribution is -2.41. The van der Waals surface area contributed by atoms with Crippen LogP contribution in [0.25, 0.3) is 0 Å². The average molecular weight is 250 g/mol. The van der Waals surface area contributed by atoms with Crippen molar-refractivity contribution in [2.75, 3.05) is 13.1 Å². The van der Waals surface area contributed by atoms with Gasteiger partial charge in [-0.05, 0) is 12.1 Å². The number of carbonyl (C=O) groups is 1. The number of amides is 1. The molecule has 1 aromatic rings. The number of carbonyl (C=O) groups excluding carboxylic acids is 1. The van der Waals surface area contributed by atoms with Gasteiger partial charge in [-0.2, -0.15) is 0 Å². The molecule has 1 rings (SSSR count). The zero-order chi connectivity index (χ0) is 13.1. The predicted octanol–water partition coefficient (Wildman–Crippen LogP) is 1.29. The van der Waals surface area contributed by atoms with Gasteiger partial charge in [-0.15, -0.1) is 0 Å². The summed E-state index contributed by atoms with van der Waals surface area (Å²) >= 11 is 0. The molecule has 0 aliphatic heterocycles. The van der Waals surface area contributed by atoms with Crippen molar-refractivity contribution in [2.45, 2.75) is 5.92 Å². The Morgan fingerprint density at radius 2 is 2.00 bits per heavy atom. The Morgan fingerprint density at radius 1 is 1.35 bits per heavy atom. The number of nitrogens with one attached hydrogen (secondary N) is 1. The summed E-state index contributed by atoms with van der Waals surface area (Å²) in [5.41, 5.74) is 4.12. The molecule has 0 fully saturated rings. The normalized spacial score (nSPS) is 11.4. The summed E-state index contributed by atoms with van der Waals surface area (Å²) in [6, 6.07) is 2.92. The van der Waals surface area contributed by atoms with Crippen molar-refractivity contribution >= 4 is 5.91 Å². The second-order valence-electron chi connectivity index (χ2n) is 3.34. The Balaban J connectivity index is 2.74. The third-order valence-electron chi connectivity index (χ3n) is 2.00. The molecule has 3 N–H and O–H groups in total. The van der Waals surface area contributed by atoms with E-state index in [0.29, 0.717) is 0 Å². The molecule has 0 aromatic heterocycles. The van der Waals surface area contributed by atoms with Crippen molar-refractivity contribution in [1.29, 1.82) is 0 Å². The molecule has 0 saturated carbocycles. The predicted molar refractivity (Wildman–Crippen MR) is 52.7 cm³/mol. The summed E-state index contributed by atoms with van der Waals surface area (Å²) in [5, 5.41) is 1.78. The van der Waals surface area contributed by atoms with E-state index >= 15 is 0 Å². The van der Waals surface area contributed by atoms with Crippen LogP contribution >= 0.6 is 0 Å². The maximum atomic E-state index is 13.1. The van der Waals surface area contributed by atoms with E-state index in [9.17, 15) is 22.4 Å². The second-order valence-corrected chi connectivity index (χ2v) is 3.34. The van der Waals surface area contributed by atoms with Gasteiger partial charge in [-0.25, -0.2) is 17.6 Å². The number of halogens is 4. The first-order chi connectivity index (χ1) is 7.87. The highest BCUT2D eigenvalue weighted by atomic mass is 19.3. The fraction of sp³-hybridized carbons (Fsp3) is 0.300. The van der Waals surface area contributed by atoms with Crippen LogP contribution in [0.2, 0.25) is 0 Å². The molecule has 0 radical (unpaired) electrons. The highest BCUT2D eigenvalue weighted by molar-refractivity contribution is 5.94. The Bertz CT molecular complexity index is 423. The Kier molecular flexibility index (Phi) is 4.06. The maximum Gasteiger partial charge on any atom is 0.277 e. The minimum absolute atomic E-state index is 0.627. The third kappa shape index (κ3) is 3.42. The maximum absolute atomic E-state index is 13.1. The summed E-state index contributed by atoms with van der Waals surface area (Å²) in [6.45, 7) is -1.98. The van der Waals surface area contributed by atoms with Crippen LogP contribution in [-0.2, 0) is 0 Å². The molecule has 0 aliphatic carbocycles. The molecule has 0 heterocycles. The van der Waals surface area contributed by atoms with E-state index in [2.05, 4.69) is 0 Å². The van der Waals surface area contributed by atoms with Gasteiger partial charge < -0.3 is 11.1 Å². The van der Waals surface area contributed by atoms with E-state index in [0.717, 1.165) is 18.2 Å². The van der Waals surface area contributed by atoms with Crippen LogP contribution in [0.4, 0.5) is 17.6 Å². The van der Waals surface area contributed by atoms with Crippen LogP contribution in [-0.4, -0.2) is 24.9 Å². The summed E-state index contributed by atoms with van der Waals surface area (Å²) in [5.74, 6) is -6.99. The zero-order valence-corrected chi connectivity index (χ0v) is 8.64. The number of nitrogens with two attached hydrogens (primary N) is 1. The van der Waals surface area contributed by atoms with Crippen molar-refractivity contribution in [3.05, 3.63) is 35.4 Å². The first-order valence-corrected chi connectivity index (χ1v) is 4.67. The lowest BCUT2D eigenvalue weighted by molar-refractivity contribution is 0.0118. The molecule has 0 atom stereocenters. The van der Waals surface area contributed by atoms with Crippen molar-refractivity contribution in [3.8, 4) is 0 Å². The Labute approximate surface area is 94.6 Å². The van der Waals surface area contributed by atoms with Gasteiger partial charge in [0.1, 0.15) is 0 Å². The van der Waals surface area contributed by atoms with Crippen molar-refractivity contribution in [2.24, 2.45) is 5.73 Å². The van der Waals surface area contributed by atoms with E-state index < -0.39 is 42.1 Å². The van der Waals surface area contributed by atoms with Gasteiger partial charge in [0.05, 0.1) is 18.7 Å². The molecular formula is C10H10F4N2O. The molecular weight excluding hydrogens is 240 g/mol. The lowest BCUT2D eigenvalue weighted by Gasteiger charge is -2.14. The van der Waals surface area contributed by atoms with Gasteiger partial charge in [0.15, 0.2) is 11.6 Å². The summed E-state index contributed by atoms with van der Waals surface area (Å²) < 4.78 is 51.3. The van der Waals surface area contributed by atoms with Gasteiger partial charge in [-0.1, -0.05) is 6.07 Å². The van der Waals surface area contributed by atoms with E-state index in [1.54, 1.807) is 5.32 Å². The van der Waals surface area contributed by atoms with E-state index in [4.69, 9.17) is 5.73 Å². The molecule has 1 aromatic carbocycles. The van der Waals surface area contributed by atoms with Crippen molar-refractivity contribution in [1.82, 2.24) is 5.32 Å². The molecule has 17 heavy (non-hydrogen) atoms. The standard InChI is InChI=1S/C10H10F4N2O/c11-7-3-1-2-6(8(7)12)9(17)16-5-10(13,14)4-15/h1-3H,4-5,15H2,(H,16,17). The van der Waals surface area contributed by atoms with Crippen molar-refractivity contribution in [3.63, 3.8) is 0 Å². The molecule has 0 unspecified atom stereocenters. The zero-order valence-electron chi connectivity index (χ0n) is 8.64. The summed E-state index contributed by atoms with van der Waals surface area (Å²) in [7, 11) is 0. The quantitative estimate of drug-likeness (QED) is 0.791. The largest absolute Gasteiger partial charge is 0.346 e. The van der Waals surface area contributed by atoms with Gasteiger partial charge in [-0.3, -0.25) is 4.79 Å². The first-order valence-electron chi connectivity index (χ1n) is 4.67. The van der Waals surface area contributed by atoms with Crippen LogP contribution in [0.1, 0.15) is 10.4 Å². The summed E-state index contributed by atoms with van der Waals surface area (Å²) in [4.78, 5) is 11.3. The molecule has 3 nitrogen and oxygen atoms in total. The minimum Gasteiger partial charge on any atom is -0.346 e. The van der Waals surface area contributed by atoms with Gasteiger partial charge in [0.2, 0.25) is 0 Å². The molecule has 0 bridgehead atoms. The van der Waals surface area contributed by atoms with Crippen LogP contribution in [0.3, 0.4) is 0 Å². The number of benzene rings is 1. The van der Waals surface area contributed by atoms with Gasteiger partial charge in [0.25, 0.3) is 11.8 Å². The monoisotopic (exact) mass is 250 g/mol. The molecule has 94 valence electrons. The Morgan fingerprint density at radius 3 is 2.59 bits per heavy atom. The number of hydrogen-bond donors (Lipinski definition) is 2. The van der Waals surface area contributed by atoms with Crippen LogP contribution < -0.4 is 11.1 Å². The van der Waals surface area contributed by atoms with Gasteiger partial charge >= 0.3 is 0 Å². The van der Waals surface area contributed by atoms with Crippen LogP contribution in [0.15, 0.2) is 18.2 Å². The van der Waals surface area contributed by atoms with Gasteiger partial charge in [0, 0.05) is 0 Å². The van der Waals surface area contributed by atoms with E-state index in [1.165, 1.54) is 0 Å². The van der Waals surface area contributed by atoms with Crippen LogP contribution in [0, 0.1) is 11.6 Å². The number of hydrogen-bond acceptors (Lipinski definition) is 2. The molecule has 0 spiro atoms. The topological polar surface area (TPSA) is 55.1 Å². The van der Waals surface area contributed by atoms with E-state index in [1.807, 2.05) is 0 Å². The highest BCUT2D eigenvalue weighted by Crippen LogP contribution is 2.13. The third-order valence-corrected chi connectivity index (χ3v) is 2.00. The lowest BCUT2D eigenvalue weighted by atomic mass is 10.2. The molecule has 7 heteroatoms.